The van der Waals surface area contributed by atoms with Crippen LogP contribution in [0.25, 0.3) is 11.4 Å². The summed E-state index contributed by atoms with van der Waals surface area (Å²) < 4.78 is 1.84. The van der Waals surface area contributed by atoms with Crippen molar-refractivity contribution in [2.45, 2.75) is 45.1 Å². The number of benzene rings is 1. The van der Waals surface area contributed by atoms with Crippen LogP contribution in [0.15, 0.2) is 18.2 Å². The molecule has 0 spiro atoms. The molecule has 3 rings (SSSR count). The topological polar surface area (TPSA) is 69.6 Å². The van der Waals surface area contributed by atoms with E-state index in [-0.39, 0.29) is 0 Å². The van der Waals surface area contributed by atoms with Gasteiger partial charge in [-0.2, -0.15) is 0 Å². The third-order valence-electron chi connectivity index (χ3n) is 4.24. The van der Waals surface area contributed by atoms with Crippen molar-refractivity contribution in [3.8, 4) is 11.4 Å². The molecule has 1 aliphatic rings. The first-order valence-corrected chi connectivity index (χ1v) is 7.93. The zero-order valence-corrected chi connectivity index (χ0v) is 12.8. The highest BCUT2D eigenvalue weighted by Crippen LogP contribution is 2.30. The minimum absolute atomic E-state index is 0.623. The van der Waals surface area contributed by atoms with Crippen LogP contribution in [0.2, 0.25) is 5.02 Å². The summed E-state index contributed by atoms with van der Waals surface area (Å²) >= 11 is 6.24. The largest absolute Gasteiger partial charge is 0.399 e. The Morgan fingerprint density at radius 3 is 2.86 bits per heavy atom. The molecule has 0 atom stereocenters. The number of nitrogen functional groups attached to an aromatic ring is 1. The average molecular weight is 306 g/mol. The molecule has 0 saturated heterocycles. The van der Waals surface area contributed by atoms with E-state index in [0.717, 1.165) is 24.4 Å². The van der Waals surface area contributed by atoms with Gasteiger partial charge < -0.3 is 5.73 Å². The SMILES string of the molecule is Nc1ccc(Cl)c(-c2nnnn2CCC2CCCCC2)c1. The fourth-order valence-electron chi connectivity index (χ4n) is 3.04. The number of aromatic nitrogens is 4. The van der Waals surface area contributed by atoms with Gasteiger partial charge in [-0.15, -0.1) is 5.10 Å². The van der Waals surface area contributed by atoms with Gasteiger partial charge in [-0.3, -0.25) is 0 Å². The minimum atomic E-state index is 0.623. The first-order chi connectivity index (χ1) is 10.2. The molecular weight excluding hydrogens is 286 g/mol. The minimum Gasteiger partial charge on any atom is -0.399 e. The molecule has 1 aromatic carbocycles. The maximum Gasteiger partial charge on any atom is 0.183 e. The number of nitrogens with two attached hydrogens (primary N) is 1. The molecule has 6 heteroatoms. The summed E-state index contributed by atoms with van der Waals surface area (Å²) in [5, 5.41) is 12.6. The summed E-state index contributed by atoms with van der Waals surface area (Å²) in [6, 6.07) is 5.39. The van der Waals surface area contributed by atoms with Gasteiger partial charge in [0.05, 0.1) is 5.02 Å². The van der Waals surface area contributed by atoms with Crippen LogP contribution in [-0.2, 0) is 6.54 Å². The Labute approximate surface area is 129 Å². The van der Waals surface area contributed by atoms with Crippen LogP contribution in [-0.4, -0.2) is 20.2 Å². The molecule has 1 aromatic heterocycles. The smallest absolute Gasteiger partial charge is 0.183 e. The van der Waals surface area contributed by atoms with Gasteiger partial charge in [0.1, 0.15) is 0 Å². The van der Waals surface area contributed by atoms with Crippen molar-refractivity contribution in [2.75, 3.05) is 5.73 Å². The molecule has 112 valence electrons. The number of nitrogens with zero attached hydrogens (tertiary/aromatic N) is 4. The molecule has 0 aliphatic heterocycles. The highest BCUT2D eigenvalue weighted by atomic mass is 35.5. The predicted molar refractivity (Wildman–Crippen MR) is 83.9 cm³/mol. The van der Waals surface area contributed by atoms with Gasteiger partial charge in [-0.1, -0.05) is 43.7 Å². The third kappa shape index (κ3) is 3.35. The summed E-state index contributed by atoms with van der Waals surface area (Å²) in [7, 11) is 0. The molecule has 1 fully saturated rings. The molecule has 2 N–H and O–H groups in total. The van der Waals surface area contributed by atoms with E-state index in [4.69, 9.17) is 17.3 Å². The lowest BCUT2D eigenvalue weighted by atomic mass is 9.87. The summed E-state index contributed by atoms with van der Waals surface area (Å²) in [6.45, 7) is 0.831. The van der Waals surface area contributed by atoms with E-state index in [0.29, 0.717) is 16.5 Å². The van der Waals surface area contributed by atoms with Crippen LogP contribution >= 0.6 is 11.6 Å². The van der Waals surface area contributed by atoms with Crippen LogP contribution in [0.4, 0.5) is 5.69 Å². The summed E-state index contributed by atoms with van der Waals surface area (Å²) in [5.74, 6) is 1.50. The Kier molecular flexibility index (Phi) is 4.39. The van der Waals surface area contributed by atoms with E-state index in [1.165, 1.54) is 32.1 Å². The van der Waals surface area contributed by atoms with Gasteiger partial charge in [0.2, 0.25) is 0 Å². The van der Waals surface area contributed by atoms with Crippen LogP contribution in [0.1, 0.15) is 38.5 Å². The summed E-state index contributed by atoms with van der Waals surface area (Å²) in [6.07, 6.45) is 7.87. The van der Waals surface area contributed by atoms with Crippen LogP contribution in [0, 0.1) is 5.92 Å². The van der Waals surface area contributed by atoms with Crippen molar-refractivity contribution in [3.05, 3.63) is 23.2 Å². The third-order valence-corrected chi connectivity index (χ3v) is 4.57. The van der Waals surface area contributed by atoms with Crippen LogP contribution in [0.3, 0.4) is 0 Å². The van der Waals surface area contributed by atoms with Crippen molar-refractivity contribution in [2.24, 2.45) is 5.92 Å². The Morgan fingerprint density at radius 2 is 2.05 bits per heavy atom. The first-order valence-electron chi connectivity index (χ1n) is 7.55. The standard InChI is InChI=1S/C15H20ClN5/c16-14-7-6-12(17)10-13(14)15-18-19-20-21(15)9-8-11-4-2-1-3-5-11/h6-7,10-11H,1-5,8-9,17H2. The second-order valence-corrected chi connectivity index (χ2v) is 6.16. The van der Waals surface area contributed by atoms with E-state index in [1.54, 1.807) is 12.1 Å². The molecule has 0 radical (unpaired) electrons. The number of rotatable bonds is 4. The van der Waals surface area contributed by atoms with Gasteiger partial charge in [0.15, 0.2) is 5.82 Å². The van der Waals surface area contributed by atoms with Crippen molar-refractivity contribution >= 4 is 17.3 Å². The van der Waals surface area contributed by atoms with Gasteiger partial charge in [-0.25, -0.2) is 4.68 Å². The number of aryl methyl sites for hydroxylation is 1. The van der Waals surface area contributed by atoms with Gasteiger partial charge in [0, 0.05) is 17.8 Å². The van der Waals surface area contributed by atoms with Crippen LogP contribution < -0.4 is 5.73 Å². The van der Waals surface area contributed by atoms with Crippen molar-refractivity contribution in [1.82, 2.24) is 20.2 Å². The molecule has 0 amide bonds. The second kappa shape index (κ2) is 6.43. The normalized spacial score (nSPS) is 16.2. The van der Waals surface area contributed by atoms with E-state index < -0.39 is 0 Å². The molecule has 2 aromatic rings. The Bertz CT molecular complexity index is 604. The number of hydrogen-bond acceptors (Lipinski definition) is 4. The second-order valence-electron chi connectivity index (χ2n) is 5.76. The van der Waals surface area contributed by atoms with Crippen molar-refractivity contribution in [3.63, 3.8) is 0 Å². The van der Waals surface area contributed by atoms with Crippen LogP contribution in [0.5, 0.6) is 0 Å². The van der Waals surface area contributed by atoms with Gasteiger partial charge in [-0.05, 0) is 41.0 Å². The lowest BCUT2D eigenvalue weighted by Gasteiger charge is -2.21. The molecule has 1 heterocycles. The number of anilines is 1. The molecule has 0 bridgehead atoms. The lowest BCUT2D eigenvalue weighted by Crippen LogP contribution is -2.12. The van der Waals surface area contributed by atoms with Gasteiger partial charge in [0.25, 0.3) is 0 Å². The summed E-state index contributed by atoms with van der Waals surface area (Å²) in [5.41, 5.74) is 7.30. The Balaban J connectivity index is 1.75. The predicted octanol–water partition coefficient (Wildman–Crippen LogP) is 3.55. The zero-order valence-electron chi connectivity index (χ0n) is 12.0. The zero-order chi connectivity index (χ0) is 14.7. The fourth-order valence-corrected chi connectivity index (χ4v) is 3.25. The fraction of sp³-hybridized carbons (Fsp3) is 0.533. The molecule has 1 saturated carbocycles. The lowest BCUT2D eigenvalue weighted by molar-refractivity contribution is 0.318. The van der Waals surface area contributed by atoms with Gasteiger partial charge >= 0.3 is 0 Å². The molecular formula is C15H20ClN5. The van der Waals surface area contributed by atoms with E-state index in [9.17, 15) is 0 Å². The average Bonchev–Trinajstić information content (AvgIpc) is 2.97. The Morgan fingerprint density at radius 1 is 1.24 bits per heavy atom. The van der Waals surface area contributed by atoms with E-state index in [1.807, 2.05) is 10.7 Å². The van der Waals surface area contributed by atoms with E-state index in [2.05, 4.69) is 15.5 Å². The van der Waals surface area contributed by atoms with Crippen molar-refractivity contribution < 1.29 is 0 Å². The quantitative estimate of drug-likeness (QED) is 0.877. The van der Waals surface area contributed by atoms with Crippen molar-refractivity contribution in [1.29, 1.82) is 0 Å². The highest BCUT2D eigenvalue weighted by molar-refractivity contribution is 6.33. The summed E-state index contributed by atoms with van der Waals surface area (Å²) in [4.78, 5) is 0. The number of halogens is 1. The van der Waals surface area contributed by atoms with E-state index >= 15 is 0 Å². The maximum absolute atomic E-state index is 6.24. The number of hydrogen-bond donors (Lipinski definition) is 1. The molecule has 21 heavy (non-hydrogen) atoms. The molecule has 5 nitrogen and oxygen atoms in total. The first kappa shape index (κ1) is 14.3. The highest BCUT2D eigenvalue weighted by Gasteiger charge is 2.16. The monoisotopic (exact) mass is 305 g/mol. The number of tetrazole rings is 1. The Hall–Kier alpha value is -1.62. The maximum atomic E-state index is 6.24. The molecule has 0 unspecified atom stereocenters. The molecule has 1 aliphatic carbocycles.